The van der Waals surface area contributed by atoms with Gasteiger partial charge >= 0.3 is 0 Å². The van der Waals surface area contributed by atoms with Crippen LogP contribution in [-0.2, 0) is 11.3 Å². The van der Waals surface area contributed by atoms with Crippen LogP contribution in [0.25, 0.3) is 0 Å². The van der Waals surface area contributed by atoms with Crippen molar-refractivity contribution in [3.8, 4) is 0 Å². The number of carbonyl (C=O) groups is 1. The van der Waals surface area contributed by atoms with Crippen LogP contribution in [0.3, 0.4) is 0 Å². The third-order valence-corrected chi connectivity index (χ3v) is 3.29. The predicted octanol–water partition coefficient (Wildman–Crippen LogP) is 0.540. The average Bonchev–Trinajstić information content (AvgIpc) is 3.07. The molecule has 0 bridgehead atoms. The zero-order valence-corrected chi connectivity index (χ0v) is 12.3. The fraction of sp³-hybridized carbons (Fsp3) is 0.429. The van der Waals surface area contributed by atoms with Gasteiger partial charge in [-0.15, -0.1) is 0 Å². The Hall–Kier alpha value is -2.48. The Labute approximate surface area is 127 Å². The lowest BCUT2D eigenvalue weighted by Crippen LogP contribution is -2.37. The number of aromatic nitrogens is 3. The molecule has 0 aromatic carbocycles. The number of aryl methyl sites for hydroxylation is 1. The molecule has 1 aliphatic rings. The SMILES string of the molecule is Cc1cc(N2CCOCC2)nc(CNC(=O)c2ccno2)n1. The summed E-state index contributed by atoms with van der Waals surface area (Å²) in [6, 6.07) is 3.44. The Bertz CT molecular complexity index is 638. The first-order valence-electron chi connectivity index (χ1n) is 7.08. The molecule has 116 valence electrons. The number of amides is 1. The molecule has 2 aromatic rings. The van der Waals surface area contributed by atoms with Crippen molar-refractivity contribution in [2.24, 2.45) is 0 Å². The maximum atomic E-state index is 11.8. The lowest BCUT2D eigenvalue weighted by molar-refractivity contribution is 0.0913. The van der Waals surface area contributed by atoms with E-state index in [0.717, 1.165) is 24.6 Å². The summed E-state index contributed by atoms with van der Waals surface area (Å²) in [7, 11) is 0. The minimum Gasteiger partial charge on any atom is -0.378 e. The van der Waals surface area contributed by atoms with Gasteiger partial charge in [-0.3, -0.25) is 4.79 Å². The highest BCUT2D eigenvalue weighted by Crippen LogP contribution is 2.14. The molecule has 3 heterocycles. The van der Waals surface area contributed by atoms with E-state index in [-0.39, 0.29) is 18.2 Å². The van der Waals surface area contributed by atoms with Crippen molar-refractivity contribution in [1.82, 2.24) is 20.4 Å². The normalized spacial score (nSPS) is 14.9. The molecule has 0 radical (unpaired) electrons. The van der Waals surface area contributed by atoms with E-state index >= 15 is 0 Å². The number of anilines is 1. The molecular formula is C14H17N5O3. The zero-order chi connectivity index (χ0) is 15.4. The van der Waals surface area contributed by atoms with Crippen LogP contribution >= 0.6 is 0 Å². The second-order valence-electron chi connectivity index (χ2n) is 4.94. The summed E-state index contributed by atoms with van der Waals surface area (Å²) in [5, 5.41) is 6.22. The van der Waals surface area contributed by atoms with E-state index in [1.54, 1.807) is 0 Å². The standard InChI is InChI=1S/C14H17N5O3/c1-10-8-13(19-4-6-21-7-5-19)18-12(17-10)9-15-14(20)11-2-3-16-22-11/h2-3,8H,4-7,9H2,1H3,(H,15,20). The van der Waals surface area contributed by atoms with Gasteiger partial charge in [0.05, 0.1) is 26.0 Å². The fourth-order valence-corrected chi connectivity index (χ4v) is 2.23. The van der Waals surface area contributed by atoms with Crippen LogP contribution in [0.4, 0.5) is 5.82 Å². The molecule has 8 heteroatoms. The van der Waals surface area contributed by atoms with Crippen molar-refractivity contribution in [1.29, 1.82) is 0 Å². The van der Waals surface area contributed by atoms with Crippen LogP contribution in [0, 0.1) is 6.92 Å². The van der Waals surface area contributed by atoms with E-state index < -0.39 is 0 Å². The maximum Gasteiger partial charge on any atom is 0.290 e. The van der Waals surface area contributed by atoms with E-state index in [1.165, 1.54) is 12.3 Å². The third-order valence-electron chi connectivity index (χ3n) is 3.29. The van der Waals surface area contributed by atoms with Gasteiger partial charge in [-0.1, -0.05) is 5.16 Å². The zero-order valence-electron chi connectivity index (χ0n) is 12.3. The van der Waals surface area contributed by atoms with Crippen molar-refractivity contribution in [3.63, 3.8) is 0 Å². The smallest absolute Gasteiger partial charge is 0.290 e. The summed E-state index contributed by atoms with van der Waals surface area (Å²) in [6.07, 6.45) is 1.43. The van der Waals surface area contributed by atoms with Crippen LogP contribution in [-0.4, -0.2) is 47.3 Å². The van der Waals surface area contributed by atoms with Gasteiger partial charge in [0.1, 0.15) is 11.6 Å². The number of nitrogens with one attached hydrogen (secondary N) is 1. The highest BCUT2D eigenvalue weighted by molar-refractivity contribution is 5.91. The fourth-order valence-electron chi connectivity index (χ4n) is 2.23. The molecule has 8 nitrogen and oxygen atoms in total. The molecule has 3 rings (SSSR count). The minimum absolute atomic E-state index is 0.168. The Morgan fingerprint density at radius 1 is 1.36 bits per heavy atom. The number of hydrogen-bond acceptors (Lipinski definition) is 7. The van der Waals surface area contributed by atoms with Gasteiger partial charge in [-0.25, -0.2) is 9.97 Å². The van der Waals surface area contributed by atoms with Crippen LogP contribution in [0.5, 0.6) is 0 Å². The van der Waals surface area contributed by atoms with E-state index in [9.17, 15) is 4.79 Å². The van der Waals surface area contributed by atoms with E-state index in [2.05, 4.69) is 25.3 Å². The molecule has 0 spiro atoms. The molecule has 1 N–H and O–H groups in total. The van der Waals surface area contributed by atoms with Crippen LogP contribution in [0.1, 0.15) is 22.1 Å². The molecule has 2 aromatic heterocycles. The third kappa shape index (κ3) is 3.40. The summed E-state index contributed by atoms with van der Waals surface area (Å²) in [4.78, 5) is 22.8. The summed E-state index contributed by atoms with van der Waals surface area (Å²) in [6.45, 7) is 5.15. The Morgan fingerprint density at radius 2 is 2.18 bits per heavy atom. The molecule has 1 amide bonds. The Kier molecular flexibility index (Phi) is 4.29. The first-order valence-corrected chi connectivity index (χ1v) is 7.08. The first-order chi connectivity index (χ1) is 10.7. The largest absolute Gasteiger partial charge is 0.378 e. The first kappa shape index (κ1) is 14.5. The number of nitrogens with zero attached hydrogens (tertiary/aromatic N) is 4. The highest BCUT2D eigenvalue weighted by Gasteiger charge is 2.15. The molecule has 0 aliphatic carbocycles. The second kappa shape index (κ2) is 6.52. The van der Waals surface area contributed by atoms with E-state index in [0.29, 0.717) is 19.0 Å². The topological polar surface area (TPSA) is 93.4 Å². The van der Waals surface area contributed by atoms with Gasteiger partial charge < -0.3 is 19.5 Å². The van der Waals surface area contributed by atoms with Crippen molar-refractivity contribution < 1.29 is 14.1 Å². The molecule has 1 saturated heterocycles. The molecule has 1 fully saturated rings. The van der Waals surface area contributed by atoms with E-state index in [4.69, 9.17) is 9.26 Å². The van der Waals surface area contributed by atoms with E-state index in [1.807, 2.05) is 13.0 Å². The number of carbonyl (C=O) groups excluding carboxylic acids is 1. The second-order valence-corrected chi connectivity index (χ2v) is 4.94. The lowest BCUT2D eigenvalue weighted by atomic mass is 10.3. The van der Waals surface area contributed by atoms with Gasteiger partial charge in [-0.2, -0.15) is 0 Å². The molecule has 0 atom stereocenters. The monoisotopic (exact) mass is 303 g/mol. The van der Waals surface area contributed by atoms with Crippen molar-refractivity contribution in [2.75, 3.05) is 31.2 Å². The van der Waals surface area contributed by atoms with Crippen molar-refractivity contribution >= 4 is 11.7 Å². The van der Waals surface area contributed by atoms with Gasteiger partial charge in [0.2, 0.25) is 5.76 Å². The molecule has 22 heavy (non-hydrogen) atoms. The number of ether oxygens (including phenoxy) is 1. The number of hydrogen-bond donors (Lipinski definition) is 1. The molecule has 0 saturated carbocycles. The highest BCUT2D eigenvalue weighted by atomic mass is 16.5. The van der Waals surface area contributed by atoms with Crippen molar-refractivity contribution in [2.45, 2.75) is 13.5 Å². The summed E-state index contributed by atoms with van der Waals surface area (Å²) in [5.41, 5.74) is 0.861. The van der Waals surface area contributed by atoms with Gasteiger partial charge in [0.15, 0.2) is 0 Å². The Balaban J connectivity index is 1.68. The van der Waals surface area contributed by atoms with Gasteiger partial charge in [0.25, 0.3) is 5.91 Å². The van der Waals surface area contributed by atoms with Crippen LogP contribution in [0.15, 0.2) is 22.9 Å². The molecule has 0 unspecified atom stereocenters. The van der Waals surface area contributed by atoms with Crippen LogP contribution in [0.2, 0.25) is 0 Å². The summed E-state index contributed by atoms with van der Waals surface area (Å²) < 4.78 is 10.1. The number of morpholine rings is 1. The lowest BCUT2D eigenvalue weighted by Gasteiger charge is -2.28. The molecule has 1 aliphatic heterocycles. The maximum absolute atomic E-state index is 11.8. The predicted molar refractivity (Wildman–Crippen MR) is 77.5 cm³/mol. The average molecular weight is 303 g/mol. The quantitative estimate of drug-likeness (QED) is 0.881. The van der Waals surface area contributed by atoms with Gasteiger partial charge in [0, 0.05) is 30.9 Å². The number of rotatable bonds is 4. The molecular weight excluding hydrogens is 286 g/mol. The minimum atomic E-state index is -0.337. The Morgan fingerprint density at radius 3 is 2.91 bits per heavy atom. The van der Waals surface area contributed by atoms with Crippen molar-refractivity contribution in [3.05, 3.63) is 35.6 Å². The summed E-state index contributed by atoms with van der Waals surface area (Å²) >= 11 is 0. The summed E-state index contributed by atoms with van der Waals surface area (Å²) in [5.74, 6) is 1.26. The van der Waals surface area contributed by atoms with Gasteiger partial charge in [-0.05, 0) is 6.92 Å². The van der Waals surface area contributed by atoms with Crippen LogP contribution < -0.4 is 10.2 Å².